The summed E-state index contributed by atoms with van der Waals surface area (Å²) < 4.78 is 2.20. The lowest BCUT2D eigenvalue weighted by molar-refractivity contribution is -0.128. The molecule has 39 heavy (non-hydrogen) atoms. The minimum Gasteiger partial charge on any atom is -0.478 e. The summed E-state index contributed by atoms with van der Waals surface area (Å²) in [6.07, 6.45) is 9.39. The predicted molar refractivity (Wildman–Crippen MR) is 152 cm³/mol. The SMILES string of the molecule is CC(=O)NC1CCN(C(=O)C2=Cc3ccccc3-c3c(C4CCCCC4)c4ccc(C(=O)O)cc4n3C2)CC1. The standard InChI is InChI=1S/C32H35N3O4/c1-20(36)33-25-13-15-34(16-14-25)31(37)24-17-22-9-5-6-10-26(22)30-29(21-7-3-2-4-8-21)27-12-11-23(32(38)39)18-28(27)35(30)19-24/h5-6,9-12,17-18,21,25H,2-4,7-8,13-16,19H2,1H3,(H,33,36)(H,38,39). The second-order valence-electron chi connectivity index (χ2n) is 11.2. The van der Waals surface area contributed by atoms with Crippen LogP contribution in [-0.4, -0.2) is 51.5 Å². The first kappa shape index (κ1) is 25.4. The summed E-state index contributed by atoms with van der Waals surface area (Å²) in [4.78, 5) is 39.3. The number of nitrogens with one attached hydrogen (secondary N) is 1. The first-order chi connectivity index (χ1) is 18.9. The van der Waals surface area contributed by atoms with Crippen molar-refractivity contribution in [3.8, 4) is 11.3 Å². The molecular formula is C32H35N3O4. The molecule has 0 spiro atoms. The third kappa shape index (κ3) is 4.75. The number of amides is 2. The van der Waals surface area contributed by atoms with E-state index in [-0.39, 0.29) is 23.4 Å². The first-order valence-corrected chi connectivity index (χ1v) is 14.2. The summed E-state index contributed by atoms with van der Waals surface area (Å²) in [5.41, 5.74) is 6.37. The normalized spacial score (nSPS) is 18.2. The number of aromatic nitrogens is 1. The van der Waals surface area contributed by atoms with Gasteiger partial charge in [-0.15, -0.1) is 0 Å². The Labute approximate surface area is 228 Å². The Hall–Kier alpha value is -3.87. The molecule has 6 rings (SSSR count). The summed E-state index contributed by atoms with van der Waals surface area (Å²) in [6.45, 7) is 3.11. The zero-order valence-electron chi connectivity index (χ0n) is 22.4. The molecule has 1 saturated carbocycles. The van der Waals surface area contributed by atoms with E-state index in [1.54, 1.807) is 12.1 Å². The minimum absolute atomic E-state index is 0.00869. The molecule has 0 bridgehead atoms. The van der Waals surface area contributed by atoms with Crippen LogP contribution < -0.4 is 5.32 Å². The number of likely N-dealkylation sites (tertiary alicyclic amines) is 1. The number of hydrogen-bond donors (Lipinski definition) is 2. The van der Waals surface area contributed by atoms with Crippen molar-refractivity contribution in [1.29, 1.82) is 0 Å². The van der Waals surface area contributed by atoms with Crippen LogP contribution in [0.1, 0.15) is 79.3 Å². The van der Waals surface area contributed by atoms with Crippen molar-refractivity contribution in [3.05, 3.63) is 64.7 Å². The monoisotopic (exact) mass is 525 g/mol. The Morgan fingerprint density at radius 3 is 2.41 bits per heavy atom. The Morgan fingerprint density at radius 2 is 1.69 bits per heavy atom. The number of carbonyl (C=O) groups is 3. The number of piperidine rings is 1. The molecule has 2 N–H and O–H groups in total. The first-order valence-electron chi connectivity index (χ1n) is 14.2. The fourth-order valence-electron chi connectivity index (χ4n) is 6.86. The van der Waals surface area contributed by atoms with Gasteiger partial charge in [-0.05, 0) is 60.9 Å². The molecule has 3 aliphatic rings. The molecule has 3 heterocycles. The molecular weight excluding hydrogens is 490 g/mol. The summed E-state index contributed by atoms with van der Waals surface area (Å²) in [5, 5.41) is 13.9. The molecule has 1 saturated heterocycles. The van der Waals surface area contributed by atoms with Gasteiger partial charge in [-0.25, -0.2) is 4.79 Å². The van der Waals surface area contributed by atoms with Gasteiger partial charge in [0.05, 0.1) is 17.8 Å². The molecule has 2 amide bonds. The maximum absolute atomic E-state index is 13.9. The number of carbonyl (C=O) groups excluding carboxylic acids is 2. The van der Waals surface area contributed by atoms with E-state index in [1.165, 1.54) is 31.7 Å². The average Bonchev–Trinajstić information content (AvgIpc) is 3.15. The number of fused-ring (bicyclic) bond motifs is 5. The number of carboxylic acid groups (broad SMARTS) is 1. The average molecular weight is 526 g/mol. The van der Waals surface area contributed by atoms with Crippen molar-refractivity contribution in [2.45, 2.75) is 70.4 Å². The maximum atomic E-state index is 13.9. The largest absolute Gasteiger partial charge is 0.478 e. The summed E-state index contributed by atoms with van der Waals surface area (Å²) >= 11 is 0. The van der Waals surface area contributed by atoms with E-state index in [0.29, 0.717) is 31.1 Å². The topological polar surface area (TPSA) is 91.6 Å². The third-order valence-corrected chi connectivity index (χ3v) is 8.70. The van der Waals surface area contributed by atoms with Gasteiger partial charge in [-0.1, -0.05) is 49.6 Å². The molecule has 2 aliphatic heterocycles. The molecule has 1 aromatic heterocycles. The van der Waals surface area contributed by atoms with Crippen LogP contribution in [0.15, 0.2) is 48.0 Å². The van der Waals surface area contributed by atoms with Crippen molar-refractivity contribution >= 4 is 34.8 Å². The van der Waals surface area contributed by atoms with E-state index < -0.39 is 5.97 Å². The second-order valence-corrected chi connectivity index (χ2v) is 11.2. The maximum Gasteiger partial charge on any atom is 0.335 e. The summed E-state index contributed by atoms with van der Waals surface area (Å²) in [5.74, 6) is -0.570. The number of aromatic carboxylic acids is 1. The predicted octanol–water partition coefficient (Wildman–Crippen LogP) is 5.58. The smallest absolute Gasteiger partial charge is 0.335 e. The fourth-order valence-corrected chi connectivity index (χ4v) is 6.86. The van der Waals surface area contributed by atoms with Crippen molar-refractivity contribution in [2.75, 3.05) is 13.1 Å². The van der Waals surface area contributed by atoms with Crippen molar-refractivity contribution in [1.82, 2.24) is 14.8 Å². The number of benzene rings is 2. The van der Waals surface area contributed by atoms with Crippen LogP contribution in [0.4, 0.5) is 0 Å². The van der Waals surface area contributed by atoms with Crippen LogP contribution in [0, 0.1) is 0 Å². The van der Waals surface area contributed by atoms with Gasteiger partial charge in [-0.3, -0.25) is 9.59 Å². The van der Waals surface area contributed by atoms with Gasteiger partial charge in [0.1, 0.15) is 0 Å². The van der Waals surface area contributed by atoms with E-state index in [1.807, 2.05) is 29.2 Å². The highest BCUT2D eigenvalue weighted by molar-refractivity contribution is 6.03. The number of nitrogens with zero attached hydrogens (tertiary/aromatic N) is 2. The summed E-state index contributed by atoms with van der Waals surface area (Å²) in [7, 11) is 0. The van der Waals surface area contributed by atoms with Gasteiger partial charge in [0.25, 0.3) is 5.91 Å². The van der Waals surface area contributed by atoms with Gasteiger partial charge in [0, 0.05) is 48.1 Å². The Balaban J connectivity index is 1.46. The van der Waals surface area contributed by atoms with Crippen LogP contribution in [-0.2, 0) is 16.1 Å². The van der Waals surface area contributed by atoms with E-state index in [0.717, 1.165) is 53.4 Å². The van der Waals surface area contributed by atoms with Gasteiger partial charge < -0.3 is 19.9 Å². The van der Waals surface area contributed by atoms with Crippen LogP contribution in [0.3, 0.4) is 0 Å². The van der Waals surface area contributed by atoms with Crippen LogP contribution in [0.2, 0.25) is 0 Å². The van der Waals surface area contributed by atoms with Gasteiger partial charge in [-0.2, -0.15) is 0 Å². The fraction of sp³-hybridized carbons (Fsp3) is 0.406. The molecule has 2 aromatic carbocycles. The van der Waals surface area contributed by atoms with Crippen LogP contribution in [0.25, 0.3) is 28.2 Å². The molecule has 3 aromatic rings. The quantitative estimate of drug-likeness (QED) is 0.465. The van der Waals surface area contributed by atoms with Gasteiger partial charge in [0.15, 0.2) is 0 Å². The van der Waals surface area contributed by atoms with Gasteiger partial charge >= 0.3 is 5.97 Å². The molecule has 0 atom stereocenters. The van der Waals surface area contributed by atoms with Crippen LogP contribution >= 0.6 is 0 Å². The molecule has 7 heteroatoms. The highest BCUT2D eigenvalue weighted by Crippen LogP contribution is 2.46. The number of hydrogen-bond acceptors (Lipinski definition) is 3. The lowest BCUT2D eigenvalue weighted by atomic mass is 9.81. The zero-order valence-corrected chi connectivity index (χ0v) is 22.4. The molecule has 2 fully saturated rings. The Bertz CT molecular complexity index is 1490. The van der Waals surface area contributed by atoms with Gasteiger partial charge in [0.2, 0.25) is 5.91 Å². The highest BCUT2D eigenvalue weighted by atomic mass is 16.4. The van der Waals surface area contributed by atoms with E-state index >= 15 is 0 Å². The number of carboxylic acids is 1. The lowest BCUT2D eigenvalue weighted by Crippen LogP contribution is -2.46. The van der Waals surface area contributed by atoms with Crippen LogP contribution in [0.5, 0.6) is 0 Å². The molecule has 1 aliphatic carbocycles. The molecule has 0 unspecified atom stereocenters. The van der Waals surface area contributed by atoms with Crippen molar-refractivity contribution in [2.24, 2.45) is 0 Å². The molecule has 7 nitrogen and oxygen atoms in total. The Morgan fingerprint density at radius 1 is 0.949 bits per heavy atom. The highest BCUT2D eigenvalue weighted by Gasteiger charge is 2.32. The minimum atomic E-state index is -0.949. The lowest BCUT2D eigenvalue weighted by Gasteiger charge is -2.33. The second kappa shape index (κ2) is 10.4. The molecule has 0 radical (unpaired) electrons. The van der Waals surface area contributed by atoms with Crippen molar-refractivity contribution in [3.63, 3.8) is 0 Å². The Kier molecular flexibility index (Phi) is 6.75. The molecule has 202 valence electrons. The number of rotatable bonds is 4. The van der Waals surface area contributed by atoms with Crippen molar-refractivity contribution < 1.29 is 19.5 Å². The van der Waals surface area contributed by atoms with E-state index in [9.17, 15) is 19.5 Å². The summed E-state index contributed by atoms with van der Waals surface area (Å²) in [6, 6.07) is 13.8. The zero-order chi connectivity index (χ0) is 27.1. The van der Waals surface area contributed by atoms with E-state index in [4.69, 9.17) is 0 Å². The van der Waals surface area contributed by atoms with E-state index in [2.05, 4.69) is 22.0 Å². The third-order valence-electron chi connectivity index (χ3n) is 8.70.